The Labute approximate surface area is 132 Å². The van der Waals surface area contributed by atoms with Gasteiger partial charge in [0.15, 0.2) is 0 Å². The first-order valence-electron chi connectivity index (χ1n) is 8.19. The van der Waals surface area contributed by atoms with Crippen LogP contribution in [0.25, 0.3) is 21.9 Å². The molecule has 1 heteroatoms. The molecule has 0 unspecified atom stereocenters. The van der Waals surface area contributed by atoms with E-state index in [-0.39, 0.29) is 0 Å². The van der Waals surface area contributed by atoms with Crippen LogP contribution >= 0.6 is 0 Å². The highest BCUT2D eigenvalue weighted by molar-refractivity contribution is 6.03. The van der Waals surface area contributed by atoms with Gasteiger partial charge in [0.25, 0.3) is 0 Å². The van der Waals surface area contributed by atoms with Crippen molar-refractivity contribution in [1.29, 1.82) is 0 Å². The Morgan fingerprint density at radius 2 is 1.68 bits per heavy atom. The highest BCUT2D eigenvalue weighted by atomic mass is 14.8. The van der Waals surface area contributed by atoms with Crippen molar-refractivity contribution in [2.45, 2.75) is 25.7 Å². The number of aryl methyl sites for hydroxylation is 1. The fourth-order valence-electron chi connectivity index (χ4n) is 3.79. The second-order valence-electron chi connectivity index (χ2n) is 6.11. The Morgan fingerprint density at radius 3 is 2.59 bits per heavy atom. The number of hydrogen-bond donors (Lipinski definition) is 1. The molecule has 0 spiro atoms. The van der Waals surface area contributed by atoms with E-state index in [0.717, 1.165) is 0 Å². The van der Waals surface area contributed by atoms with Gasteiger partial charge in [-0.05, 0) is 59.2 Å². The molecule has 0 saturated carbocycles. The summed E-state index contributed by atoms with van der Waals surface area (Å²) in [5.74, 6) is 0. The second-order valence-corrected chi connectivity index (χ2v) is 6.11. The van der Waals surface area contributed by atoms with E-state index in [0.29, 0.717) is 0 Å². The van der Waals surface area contributed by atoms with Crippen LogP contribution < -0.4 is 5.32 Å². The molecule has 0 aromatic heterocycles. The van der Waals surface area contributed by atoms with Crippen LogP contribution in [0.3, 0.4) is 0 Å². The van der Waals surface area contributed by atoms with Crippen LogP contribution in [0.2, 0.25) is 0 Å². The van der Waals surface area contributed by atoms with Gasteiger partial charge in [-0.15, -0.1) is 0 Å². The third-order valence-corrected chi connectivity index (χ3v) is 4.86. The Bertz CT molecular complexity index is 832. The van der Waals surface area contributed by atoms with Crippen LogP contribution in [-0.2, 0) is 12.8 Å². The van der Waals surface area contributed by atoms with Crippen molar-refractivity contribution in [2.24, 2.45) is 0 Å². The molecule has 0 radical (unpaired) electrons. The number of fused-ring (bicyclic) bond motifs is 2. The minimum atomic E-state index is 1.21. The van der Waals surface area contributed by atoms with Gasteiger partial charge >= 0.3 is 0 Å². The Kier molecular flexibility index (Phi) is 3.34. The van der Waals surface area contributed by atoms with Crippen molar-refractivity contribution in [1.82, 2.24) is 0 Å². The lowest BCUT2D eigenvalue weighted by Crippen LogP contribution is -2.05. The maximum Gasteiger partial charge on any atom is 0.0423 e. The lowest BCUT2D eigenvalue weighted by Gasteiger charge is -2.22. The van der Waals surface area contributed by atoms with Gasteiger partial charge in [0.2, 0.25) is 0 Å². The van der Waals surface area contributed by atoms with Crippen LogP contribution in [0.1, 0.15) is 24.0 Å². The van der Waals surface area contributed by atoms with E-state index in [1.54, 1.807) is 11.1 Å². The molecule has 1 N–H and O–H groups in total. The predicted octanol–water partition coefficient (Wildman–Crippen LogP) is 5.43. The van der Waals surface area contributed by atoms with E-state index in [2.05, 4.69) is 59.9 Å². The Balaban J connectivity index is 2.05. The molecule has 0 amide bonds. The molecule has 1 nitrogen and oxygen atoms in total. The molecule has 3 aromatic rings. The van der Waals surface area contributed by atoms with E-state index in [4.69, 9.17) is 0 Å². The molecule has 0 saturated heterocycles. The van der Waals surface area contributed by atoms with Crippen molar-refractivity contribution in [2.75, 3.05) is 12.4 Å². The molecule has 3 aromatic carbocycles. The zero-order valence-corrected chi connectivity index (χ0v) is 13.0. The quantitative estimate of drug-likeness (QED) is 0.663. The van der Waals surface area contributed by atoms with E-state index in [9.17, 15) is 0 Å². The smallest absolute Gasteiger partial charge is 0.0423 e. The second kappa shape index (κ2) is 5.49. The van der Waals surface area contributed by atoms with Crippen LogP contribution in [0.5, 0.6) is 0 Å². The van der Waals surface area contributed by atoms with Crippen molar-refractivity contribution < 1.29 is 0 Å². The first-order valence-corrected chi connectivity index (χ1v) is 8.19. The summed E-state index contributed by atoms with van der Waals surface area (Å²) in [6, 6.07) is 19.9. The summed E-state index contributed by atoms with van der Waals surface area (Å²) in [5, 5.41) is 6.04. The van der Waals surface area contributed by atoms with E-state index in [1.165, 1.54) is 53.3 Å². The van der Waals surface area contributed by atoms with Gasteiger partial charge in [-0.25, -0.2) is 0 Å². The normalized spacial score (nSPS) is 13.9. The minimum Gasteiger partial charge on any atom is -0.388 e. The summed E-state index contributed by atoms with van der Waals surface area (Å²) in [6.07, 6.45) is 5.06. The van der Waals surface area contributed by atoms with Crippen molar-refractivity contribution >= 4 is 16.5 Å². The average Bonchev–Trinajstić information content (AvgIpc) is 2.60. The average molecular weight is 287 g/mol. The van der Waals surface area contributed by atoms with Gasteiger partial charge in [0.1, 0.15) is 0 Å². The molecule has 4 rings (SSSR count). The highest BCUT2D eigenvalue weighted by Gasteiger charge is 2.17. The zero-order valence-electron chi connectivity index (χ0n) is 13.0. The molecule has 0 heterocycles. The van der Waals surface area contributed by atoms with Crippen LogP contribution in [0.15, 0.2) is 54.6 Å². The van der Waals surface area contributed by atoms with Crippen molar-refractivity contribution in [3.63, 3.8) is 0 Å². The molecular formula is C21H21N. The maximum atomic E-state index is 3.39. The highest BCUT2D eigenvalue weighted by Crippen LogP contribution is 2.39. The zero-order chi connectivity index (χ0) is 14.9. The molecule has 0 fully saturated rings. The van der Waals surface area contributed by atoms with Gasteiger partial charge in [-0.1, -0.05) is 48.5 Å². The molecule has 110 valence electrons. The van der Waals surface area contributed by atoms with Crippen LogP contribution in [-0.4, -0.2) is 7.05 Å². The summed E-state index contributed by atoms with van der Waals surface area (Å²) in [6.45, 7) is 0. The lowest BCUT2D eigenvalue weighted by atomic mass is 9.84. The maximum absolute atomic E-state index is 3.39. The predicted molar refractivity (Wildman–Crippen MR) is 95.6 cm³/mol. The first kappa shape index (κ1) is 13.4. The molecule has 0 bridgehead atoms. The monoisotopic (exact) mass is 287 g/mol. The number of nitrogens with one attached hydrogen (secondary N) is 1. The summed E-state index contributed by atoms with van der Waals surface area (Å²) < 4.78 is 0. The fraction of sp³-hybridized carbons (Fsp3) is 0.238. The number of rotatable bonds is 2. The third-order valence-electron chi connectivity index (χ3n) is 4.86. The fourth-order valence-corrected chi connectivity index (χ4v) is 3.79. The number of hydrogen-bond acceptors (Lipinski definition) is 1. The topological polar surface area (TPSA) is 12.0 Å². The summed E-state index contributed by atoms with van der Waals surface area (Å²) in [5.41, 5.74) is 7.09. The number of anilines is 1. The van der Waals surface area contributed by atoms with Gasteiger partial charge in [0.05, 0.1) is 0 Å². The van der Waals surface area contributed by atoms with Crippen LogP contribution in [0, 0.1) is 0 Å². The third kappa shape index (κ3) is 2.09. The van der Waals surface area contributed by atoms with Gasteiger partial charge in [0, 0.05) is 18.3 Å². The lowest BCUT2D eigenvalue weighted by molar-refractivity contribution is 0.687. The van der Waals surface area contributed by atoms with Crippen LogP contribution in [0.4, 0.5) is 5.69 Å². The van der Waals surface area contributed by atoms with Gasteiger partial charge in [-0.3, -0.25) is 0 Å². The molecule has 22 heavy (non-hydrogen) atoms. The molecule has 0 atom stereocenters. The van der Waals surface area contributed by atoms with Gasteiger partial charge < -0.3 is 5.32 Å². The van der Waals surface area contributed by atoms with Gasteiger partial charge in [-0.2, -0.15) is 0 Å². The van der Waals surface area contributed by atoms with E-state index in [1.807, 2.05) is 7.05 Å². The Hall–Kier alpha value is -2.28. The largest absolute Gasteiger partial charge is 0.388 e. The van der Waals surface area contributed by atoms with E-state index < -0.39 is 0 Å². The first-order chi connectivity index (χ1) is 10.9. The van der Waals surface area contributed by atoms with E-state index >= 15 is 0 Å². The minimum absolute atomic E-state index is 1.21. The molecule has 1 aliphatic rings. The standard InChI is InChI=1S/C21H21N/c1-22-20-14-13-16-8-3-5-11-18(16)21(20)19-12-6-9-15-7-2-4-10-17(15)19/h3,5-6,8-9,11-14,22H,2,4,7,10H2,1H3. The number of benzene rings is 3. The van der Waals surface area contributed by atoms with Crippen molar-refractivity contribution in [3.05, 3.63) is 65.7 Å². The Morgan fingerprint density at radius 1 is 0.818 bits per heavy atom. The molecule has 0 aliphatic heterocycles. The van der Waals surface area contributed by atoms with Crippen molar-refractivity contribution in [3.8, 4) is 11.1 Å². The molecular weight excluding hydrogens is 266 g/mol. The summed E-state index contributed by atoms with van der Waals surface area (Å²) in [7, 11) is 2.02. The summed E-state index contributed by atoms with van der Waals surface area (Å²) >= 11 is 0. The molecule has 1 aliphatic carbocycles. The summed E-state index contributed by atoms with van der Waals surface area (Å²) in [4.78, 5) is 0. The SMILES string of the molecule is CNc1ccc2ccccc2c1-c1cccc2c1CCCC2.